The average Bonchev–Trinajstić information content (AvgIpc) is 2.66. The predicted octanol–water partition coefficient (Wildman–Crippen LogP) is -0.815. The van der Waals surface area contributed by atoms with Crippen LogP contribution >= 0.6 is 11.8 Å². The van der Waals surface area contributed by atoms with Gasteiger partial charge in [0, 0.05) is 0 Å². The van der Waals surface area contributed by atoms with E-state index >= 15 is 0 Å². The van der Waals surface area contributed by atoms with E-state index < -0.39 is 12.0 Å². The minimum atomic E-state index is -0.638. The summed E-state index contributed by atoms with van der Waals surface area (Å²) in [7, 11) is 0. The quantitative estimate of drug-likeness (QED) is 0.621. The third-order valence-corrected chi connectivity index (χ3v) is 2.10. The van der Waals surface area contributed by atoms with E-state index in [0.717, 1.165) is 5.75 Å². The van der Waals surface area contributed by atoms with Crippen molar-refractivity contribution in [1.29, 1.82) is 0 Å². The fraction of sp³-hybridized carbons (Fsp3) is 0.667. The summed E-state index contributed by atoms with van der Waals surface area (Å²) in [6.45, 7) is 0. The van der Waals surface area contributed by atoms with Crippen LogP contribution in [0.4, 0.5) is 0 Å². The lowest BCUT2D eigenvalue weighted by molar-refractivity contribution is -0.136. The molecule has 78 valence electrons. The molecule has 1 atom stereocenters. The number of esters is 1. The number of carbonyl (C=O) groups is 1. The molecule has 8 heteroatoms. The summed E-state index contributed by atoms with van der Waals surface area (Å²) in [5.74, 6) is 0.267. The summed E-state index contributed by atoms with van der Waals surface area (Å²) in [5, 5.41) is 12.3. The summed E-state index contributed by atoms with van der Waals surface area (Å²) in [6.07, 6.45) is 2.51. The molecule has 1 aromatic rings. The van der Waals surface area contributed by atoms with Crippen LogP contribution in [-0.2, 0) is 4.79 Å². The van der Waals surface area contributed by atoms with Crippen LogP contribution in [0.2, 0.25) is 0 Å². The average molecular weight is 217 g/mol. The lowest BCUT2D eigenvalue weighted by Crippen LogP contribution is -2.34. The number of nitrogens with one attached hydrogen (secondary N) is 1. The molecule has 0 saturated carbocycles. The van der Waals surface area contributed by atoms with Gasteiger partial charge in [-0.3, -0.25) is 0 Å². The highest BCUT2D eigenvalue weighted by Crippen LogP contribution is 2.02. The Balaban J connectivity index is 2.34. The van der Waals surface area contributed by atoms with Crippen LogP contribution < -0.4 is 10.5 Å². The maximum atomic E-state index is 11.2. The second kappa shape index (κ2) is 5.55. The number of nitrogens with zero attached hydrogens (tertiary/aromatic N) is 3. The molecule has 0 aliphatic rings. The molecule has 0 aliphatic carbocycles. The van der Waals surface area contributed by atoms with E-state index in [4.69, 9.17) is 10.5 Å². The van der Waals surface area contributed by atoms with Crippen molar-refractivity contribution in [2.75, 3.05) is 12.0 Å². The third-order valence-electron chi connectivity index (χ3n) is 1.45. The molecular formula is C6H11N5O2S. The van der Waals surface area contributed by atoms with Gasteiger partial charge in [0.25, 0.3) is 0 Å². The van der Waals surface area contributed by atoms with Crippen molar-refractivity contribution in [3.63, 3.8) is 0 Å². The van der Waals surface area contributed by atoms with Crippen molar-refractivity contribution < 1.29 is 9.53 Å². The lowest BCUT2D eigenvalue weighted by atomic mass is 10.2. The van der Waals surface area contributed by atoms with Crippen molar-refractivity contribution >= 4 is 17.7 Å². The van der Waals surface area contributed by atoms with E-state index in [1.807, 2.05) is 6.26 Å². The number of H-pyrrole nitrogens is 1. The van der Waals surface area contributed by atoms with Crippen LogP contribution in [0.15, 0.2) is 0 Å². The largest absolute Gasteiger partial charge is 0.387 e. The van der Waals surface area contributed by atoms with Crippen LogP contribution in [0, 0.1) is 0 Å². The molecule has 0 aromatic carbocycles. The van der Waals surface area contributed by atoms with Crippen LogP contribution in [0.25, 0.3) is 0 Å². The van der Waals surface area contributed by atoms with E-state index in [9.17, 15) is 4.79 Å². The van der Waals surface area contributed by atoms with Crippen molar-refractivity contribution in [2.45, 2.75) is 12.5 Å². The van der Waals surface area contributed by atoms with Crippen molar-refractivity contribution in [2.24, 2.45) is 5.73 Å². The number of hydrogen-bond acceptors (Lipinski definition) is 7. The SMILES string of the molecule is CSCC[C@H](N)C(=O)Oc1nn[nH]n1. The standard InChI is InChI=1S/C6H11N5O2S/c1-14-3-2-4(7)5(12)13-6-8-10-11-9-6/h4H,2-3,7H2,1H3,(H,8,9,10,11)/t4-/m0/s1. The first-order valence-electron chi connectivity index (χ1n) is 3.93. The fourth-order valence-electron chi connectivity index (χ4n) is 0.724. The normalized spacial score (nSPS) is 12.4. The Hall–Kier alpha value is -1.15. The minimum Gasteiger partial charge on any atom is -0.387 e. The second-order valence-electron chi connectivity index (χ2n) is 2.50. The van der Waals surface area contributed by atoms with Gasteiger partial charge in [0.1, 0.15) is 6.04 Å². The first-order chi connectivity index (χ1) is 6.74. The number of thioether (sulfide) groups is 1. The van der Waals surface area contributed by atoms with Gasteiger partial charge in [-0.2, -0.15) is 17.0 Å². The summed E-state index contributed by atoms with van der Waals surface area (Å²) in [5.41, 5.74) is 5.55. The second-order valence-corrected chi connectivity index (χ2v) is 3.49. The molecule has 0 radical (unpaired) electrons. The van der Waals surface area contributed by atoms with Gasteiger partial charge >= 0.3 is 12.0 Å². The zero-order chi connectivity index (χ0) is 10.4. The number of rotatable bonds is 5. The molecule has 1 heterocycles. The molecule has 7 nitrogen and oxygen atoms in total. The van der Waals surface area contributed by atoms with Crippen molar-refractivity contribution in [1.82, 2.24) is 20.6 Å². The highest BCUT2D eigenvalue weighted by molar-refractivity contribution is 7.98. The molecular weight excluding hydrogens is 206 g/mol. The number of nitrogens with two attached hydrogens (primary N) is 1. The smallest absolute Gasteiger partial charge is 0.363 e. The molecule has 14 heavy (non-hydrogen) atoms. The van der Waals surface area contributed by atoms with Crippen LogP contribution in [0.5, 0.6) is 6.01 Å². The fourth-order valence-corrected chi connectivity index (χ4v) is 1.21. The zero-order valence-electron chi connectivity index (χ0n) is 7.64. The Morgan fingerprint density at radius 3 is 3.14 bits per heavy atom. The first-order valence-corrected chi connectivity index (χ1v) is 5.33. The highest BCUT2D eigenvalue weighted by Gasteiger charge is 2.16. The maximum absolute atomic E-state index is 11.2. The third kappa shape index (κ3) is 3.30. The summed E-state index contributed by atoms with van der Waals surface area (Å²) >= 11 is 1.62. The van der Waals surface area contributed by atoms with Gasteiger partial charge < -0.3 is 10.5 Å². The molecule has 1 aromatic heterocycles. The molecule has 0 spiro atoms. The summed E-state index contributed by atoms with van der Waals surface area (Å²) < 4.78 is 4.72. The lowest BCUT2D eigenvalue weighted by Gasteiger charge is -2.07. The Morgan fingerprint density at radius 1 is 1.79 bits per heavy atom. The molecule has 0 unspecified atom stereocenters. The predicted molar refractivity (Wildman–Crippen MR) is 50.8 cm³/mol. The van der Waals surface area contributed by atoms with Crippen molar-refractivity contribution in [3.05, 3.63) is 0 Å². The molecule has 0 fully saturated rings. The molecule has 0 aliphatic heterocycles. The number of tetrazole rings is 1. The Labute approximate surface area is 84.8 Å². The number of aromatic nitrogens is 4. The molecule has 3 N–H and O–H groups in total. The van der Waals surface area contributed by atoms with Gasteiger partial charge in [-0.1, -0.05) is 10.2 Å². The summed E-state index contributed by atoms with van der Waals surface area (Å²) in [4.78, 5) is 11.2. The number of ether oxygens (including phenoxy) is 1. The topological polar surface area (TPSA) is 107 Å². The van der Waals surface area contributed by atoms with Crippen LogP contribution in [-0.4, -0.2) is 44.6 Å². The number of hydrogen-bond donors (Lipinski definition) is 2. The van der Waals surface area contributed by atoms with Gasteiger partial charge in [0.15, 0.2) is 0 Å². The Bertz CT molecular complexity index is 278. The molecule has 0 amide bonds. The van der Waals surface area contributed by atoms with Gasteiger partial charge in [-0.25, -0.2) is 4.79 Å². The van der Waals surface area contributed by atoms with E-state index in [2.05, 4.69) is 20.6 Å². The van der Waals surface area contributed by atoms with Gasteiger partial charge in [-0.15, -0.1) is 0 Å². The zero-order valence-corrected chi connectivity index (χ0v) is 8.45. The van der Waals surface area contributed by atoms with Crippen molar-refractivity contribution in [3.8, 4) is 6.01 Å². The Morgan fingerprint density at radius 2 is 2.57 bits per heavy atom. The van der Waals surface area contributed by atoms with E-state index in [1.165, 1.54) is 0 Å². The van der Waals surface area contributed by atoms with Gasteiger partial charge in [-0.05, 0) is 23.6 Å². The molecule has 1 rings (SSSR count). The van der Waals surface area contributed by atoms with Gasteiger partial charge in [0.05, 0.1) is 0 Å². The van der Waals surface area contributed by atoms with Crippen LogP contribution in [0.1, 0.15) is 6.42 Å². The van der Waals surface area contributed by atoms with E-state index in [-0.39, 0.29) is 6.01 Å². The van der Waals surface area contributed by atoms with Gasteiger partial charge in [0.2, 0.25) is 0 Å². The first kappa shape index (κ1) is 10.9. The minimum absolute atomic E-state index is 0.102. The number of carbonyl (C=O) groups excluding carboxylic acids is 1. The highest BCUT2D eigenvalue weighted by atomic mass is 32.2. The monoisotopic (exact) mass is 217 g/mol. The molecule has 0 saturated heterocycles. The summed E-state index contributed by atoms with van der Waals surface area (Å²) in [6, 6.07) is -0.740. The maximum Gasteiger partial charge on any atom is 0.363 e. The Kier molecular flexibility index (Phi) is 4.33. The van der Waals surface area contributed by atoms with Crippen LogP contribution in [0.3, 0.4) is 0 Å². The van der Waals surface area contributed by atoms with E-state index in [1.54, 1.807) is 11.8 Å². The van der Waals surface area contributed by atoms with E-state index in [0.29, 0.717) is 6.42 Å². The number of aromatic amines is 1. The molecule has 0 bridgehead atoms.